The minimum absolute atomic E-state index is 0.0830. The van der Waals surface area contributed by atoms with Gasteiger partial charge in [0.05, 0.1) is 6.61 Å². The van der Waals surface area contributed by atoms with Crippen LogP contribution in [0.1, 0.15) is 31.7 Å². The molecule has 4 amide bonds. The summed E-state index contributed by atoms with van der Waals surface area (Å²) in [6.07, 6.45) is 3.94. The Balaban J connectivity index is 1.85. The van der Waals surface area contributed by atoms with Gasteiger partial charge in [0.1, 0.15) is 6.04 Å². The Kier molecular flexibility index (Phi) is 7.25. The SMILES string of the molecule is CC(=O)N[C@@H](CCCCN1C(=O)C=CC1=O)C(=O)Nc1ccc(CO)cc1. The quantitative estimate of drug-likeness (QED) is 0.436. The van der Waals surface area contributed by atoms with Crippen molar-refractivity contribution in [1.29, 1.82) is 0 Å². The Hall–Kier alpha value is -3.00. The number of imide groups is 1. The molecule has 0 aliphatic carbocycles. The normalized spacial score (nSPS) is 14.4. The van der Waals surface area contributed by atoms with E-state index in [1.807, 2.05) is 0 Å². The third kappa shape index (κ3) is 6.03. The number of unbranched alkanes of at least 4 members (excludes halogenated alkanes) is 1. The van der Waals surface area contributed by atoms with Crippen molar-refractivity contribution in [2.75, 3.05) is 11.9 Å². The standard InChI is InChI=1S/C19H23N3O5/c1-13(24)20-16(4-2-3-11-22-17(25)9-10-18(22)26)19(27)21-15-7-5-14(12-23)6-8-15/h5-10,16,23H,2-4,11-12H2,1H3,(H,20,24)(H,21,27)/t16-/m0/s1. The van der Waals surface area contributed by atoms with Crippen LogP contribution in [-0.2, 0) is 25.8 Å². The largest absolute Gasteiger partial charge is 0.392 e. The molecular weight excluding hydrogens is 350 g/mol. The second kappa shape index (κ2) is 9.63. The molecule has 1 aromatic rings. The average molecular weight is 373 g/mol. The Morgan fingerprint density at radius 3 is 2.26 bits per heavy atom. The molecule has 0 spiro atoms. The smallest absolute Gasteiger partial charge is 0.253 e. The Bertz CT molecular complexity index is 724. The molecule has 8 nitrogen and oxygen atoms in total. The summed E-state index contributed by atoms with van der Waals surface area (Å²) in [5, 5.41) is 14.4. The maximum absolute atomic E-state index is 12.5. The molecule has 1 aliphatic rings. The van der Waals surface area contributed by atoms with Crippen molar-refractivity contribution >= 4 is 29.3 Å². The zero-order valence-electron chi connectivity index (χ0n) is 15.1. The monoisotopic (exact) mass is 373 g/mol. The molecule has 1 heterocycles. The van der Waals surface area contributed by atoms with Crippen LogP contribution in [0.25, 0.3) is 0 Å². The number of nitrogens with one attached hydrogen (secondary N) is 2. The minimum atomic E-state index is -0.719. The topological polar surface area (TPSA) is 116 Å². The van der Waals surface area contributed by atoms with E-state index in [2.05, 4.69) is 10.6 Å². The summed E-state index contributed by atoms with van der Waals surface area (Å²) in [4.78, 5) is 48.0. The van der Waals surface area contributed by atoms with E-state index >= 15 is 0 Å². The molecule has 3 N–H and O–H groups in total. The van der Waals surface area contributed by atoms with Gasteiger partial charge in [-0.2, -0.15) is 0 Å². The van der Waals surface area contributed by atoms with Crippen LogP contribution in [0, 0.1) is 0 Å². The molecule has 2 rings (SSSR count). The van der Waals surface area contributed by atoms with Crippen LogP contribution in [0.3, 0.4) is 0 Å². The number of carbonyl (C=O) groups excluding carboxylic acids is 4. The van der Waals surface area contributed by atoms with Gasteiger partial charge in [0, 0.05) is 31.3 Å². The van der Waals surface area contributed by atoms with Crippen molar-refractivity contribution in [3.8, 4) is 0 Å². The molecule has 0 unspecified atom stereocenters. The number of anilines is 1. The summed E-state index contributed by atoms with van der Waals surface area (Å²) in [6, 6.07) is 6.02. The van der Waals surface area contributed by atoms with Gasteiger partial charge >= 0.3 is 0 Å². The van der Waals surface area contributed by atoms with Crippen LogP contribution < -0.4 is 10.6 Å². The number of rotatable bonds is 9. The molecule has 1 aliphatic heterocycles. The van der Waals surface area contributed by atoms with E-state index in [9.17, 15) is 19.2 Å². The molecule has 0 saturated carbocycles. The molecule has 0 bridgehead atoms. The molecule has 27 heavy (non-hydrogen) atoms. The van der Waals surface area contributed by atoms with Crippen LogP contribution in [0.2, 0.25) is 0 Å². The highest BCUT2D eigenvalue weighted by atomic mass is 16.3. The van der Waals surface area contributed by atoms with Crippen LogP contribution in [0.5, 0.6) is 0 Å². The van der Waals surface area contributed by atoms with Crippen molar-refractivity contribution in [3.05, 3.63) is 42.0 Å². The van der Waals surface area contributed by atoms with E-state index in [1.165, 1.54) is 19.1 Å². The highest BCUT2D eigenvalue weighted by molar-refractivity contribution is 6.12. The van der Waals surface area contributed by atoms with Gasteiger partial charge in [-0.15, -0.1) is 0 Å². The van der Waals surface area contributed by atoms with E-state index in [0.717, 1.165) is 10.5 Å². The summed E-state index contributed by atoms with van der Waals surface area (Å²) in [6.45, 7) is 1.53. The highest BCUT2D eigenvalue weighted by Gasteiger charge is 2.23. The molecule has 8 heteroatoms. The second-order valence-electron chi connectivity index (χ2n) is 6.25. The molecule has 0 fully saturated rings. The molecule has 0 radical (unpaired) electrons. The number of amides is 4. The number of nitrogens with zero attached hydrogens (tertiary/aromatic N) is 1. The maximum Gasteiger partial charge on any atom is 0.253 e. The number of aliphatic hydroxyl groups is 1. The first-order chi connectivity index (χ1) is 12.9. The van der Waals surface area contributed by atoms with Crippen LogP contribution in [0.15, 0.2) is 36.4 Å². The minimum Gasteiger partial charge on any atom is -0.392 e. The molecule has 1 atom stereocenters. The van der Waals surface area contributed by atoms with Crippen molar-refractivity contribution in [1.82, 2.24) is 10.2 Å². The van der Waals surface area contributed by atoms with Crippen LogP contribution in [-0.4, -0.2) is 46.2 Å². The van der Waals surface area contributed by atoms with E-state index in [-0.39, 0.29) is 36.8 Å². The fourth-order valence-electron chi connectivity index (χ4n) is 2.71. The van der Waals surface area contributed by atoms with Gasteiger partial charge in [0.25, 0.3) is 11.8 Å². The third-order valence-corrected chi connectivity index (χ3v) is 4.12. The molecule has 1 aromatic carbocycles. The lowest BCUT2D eigenvalue weighted by Crippen LogP contribution is -2.43. The van der Waals surface area contributed by atoms with Crippen molar-refractivity contribution in [3.63, 3.8) is 0 Å². The molecule has 0 saturated heterocycles. The van der Waals surface area contributed by atoms with Crippen molar-refractivity contribution in [2.24, 2.45) is 0 Å². The third-order valence-electron chi connectivity index (χ3n) is 4.12. The van der Waals surface area contributed by atoms with Gasteiger partial charge in [-0.1, -0.05) is 12.1 Å². The van der Waals surface area contributed by atoms with Crippen LogP contribution >= 0.6 is 0 Å². The number of hydrogen-bond acceptors (Lipinski definition) is 5. The first-order valence-electron chi connectivity index (χ1n) is 8.72. The lowest BCUT2D eigenvalue weighted by molar-refractivity contribution is -0.136. The predicted molar refractivity (Wildman–Crippen MR) is 98.3 cm³/mol. The van der Waals surface area contributed by atoms with Gasteiger partial charge in [-0.25, -0.2) is 0 Å². The second-order valence-corrected chi connectivity index (χ2v) is 6.25. The number of benzene rings is 1. The summed E-state index contributed by atoms with van der Waals surface area (Å²) >= 11 is 0. The Morgan fingerprint density at radius 1 is 1.07 bits per heavy atom. The summed E-state index contributed by atoms with van der Waals surface area (Å²) in [5.41, 5.74) is 1.29. The summed E-state index contributed by atoms with van der Waals surface area (Å²) in [7, 11) is 0. The fraction of sp³-hybridized carbons (Fsp3) is 0.368. The number of aliphatic hydroxyl groups excluding tert-OH is 1. The maximum atomic E-state index is 12.5. The van der Waals surface area contributed by atoms with E-state index in [1.54, 1.807) is 24.3 Å². The van der Waals surface area contributed by atoms with E-state index < -0.39 is 6.04 Å². The predicted octanol–water partition coefficient (Wildman–Crippen LogP) is 0.717. The molecular formula is C19H23N3O5. The van der Waals surface area contributed by atoms with Gasteiger partial charge in [-0.3, -0.25) is 24.1 Å². The van der Waals surface area contributed by atoms with E-state index in [4.69, 9.17) is 5.11 Å². The zero-order chi connectivity index (χ0) is 19.8. The van der Waals surface area contributed by atoms with Gasteiger partial charge in [0.15, 0.2) is 0 Å². The van der Waals surface area contributed by atoms with Crippen LogP contribution in [0.4, 0.5) is 5.69 Å². The fourth-order valence-corrected chi connectivity index (χ4v) is 2.71. The van der Waals surface area contributed by atoms with E-state index in [0.29, 0.717) is 24.9 Å². The summed E-state index contributed by atoms with van der Waals surface area (Å²) < 4.78 is 0. The average Bonchev–Trinajstić information content (AvgIpc) is 2.96. The lowest BCUT2D eigenvalue weighted by Gasteiger charge is -2.19. The zero-order valence-corrected chi connectivity index (χ0v) is 15.1. The van der Waals surface area contributed by atoms with Gasteiger partial charge in [-0.05, 0) is 37.0 Å². The molecule has 144 valence electrons. The van der Waals surface area contributed by atoms with Gasteiger partial charge in [0.2, 0.25) is 11.8 Å². The highest BCUT2D eigenvalue weighted by Crippen LogP contribution is 2.12. The first-order valence-corrected chi connectivity index (χ1v) is 8.72. The van der Waals surface area contributed by atoms with Crippen molar-refractivity contribution < 1.29 is 24.3 Å². The Morgan fingerprint density at radius 2 is 1.70 bits per heavy atom. The first kappa shape index (κ1) is 20.3. The lowest BCUT2D eigenvalue weighted by atomic mass is 10.1. The van der Waals surface area contributed by atoms with Crippen molar-refractivity contribution in [2.45, 2.75) is 38.8 Å². The molecule has 0 aromatic heterocycles. The Labute approximate surface area is 157 Å². The number of carbonyl (C=O) groups is 4. The van der Waals surface area contributed by atoms with Gasteiger partial charge < -0.3 is 15.7 Å². The summed E-state index contributed by atoms with van der Waals surface area (Å²) in [5.74, 6) is -1.33. The number of hydrogen-bond donors (Lipinski definition) is 3.